The summed E-state index contributed by atoms with van der Waals surface area (Å²) < 4.78 is 18.7. The number of fused-ring (bicyclic) bond motifs is 1. The van der Waals surface area contributed by atoms with Crippen molar-refractivity contribution in [1.82, 2.24) is 25.5 Å². The van der Waals surface area contributed by atoms with Crippen LogP contribution >= 0.6 is 18.7 Å². The molecule has 1 unspecified atom stereocenters. The summed E-state index contributed by atoms with van der Waals surface area (Å²) >= 11 is 6.54. The Balaban J connectivity index is 0.860. The van der Waals surface area contributed by atoms with Crippen LogP contribution in [0.2, 0.25) is 5.02 Å². The van der Waals surface area contributed by atoms with Crippen LogP contribution in [-0.2, 0) is 31.8 Å². The summed E-state index contributed by atoms with van der Waals surface area (Å²) in [6.07, 6.45) is 5.91. The first-order chi connectivity index (χ1) is 28.8. The molecule has 3 N–H and O–H groups in total. The summed E-state index contributed by atoms with van der Waals surface area (Å²) in [6.45, 7) is 5.55. The fourth-order valence-electron chi connectivity index (χ4n) is 8.14. The lowest BCUT2D eigenvalue weighted by Crippen LogP contribution is -2.54. The van der Waals surface area contributed by atoms with Crippen molar-refractivity contribution in [2.45, 2.75) is 69.9 Å². The van der Waals surface area contributed by atoms with Gasteiger partial charge >= 0.3 is 0 Å². The van der Waals surface area contributed by atoms with E-state index in [4.69, 9.17) is 21.3 Å². The van der Waals surface area contributed by atoms with Gasteiger partial charge in [0.15, 0.2) is 0 Å². The number of ether oxygens (including phenoxy) is 1. The van der Waals surface area contributed by atoms with Crippen molar-refractivity contribution in [3.63, 3.8) is 0 Å². The summed E-state index contributed by atoms with van der Waals surface area (Å²) in [5.74, 6) is -0.850. The number of imide groups is 2. The average Bonchev–Trinajstić information content (AvgIpc) is 3.48. The lowest BCUT2D eigenvalue weighted by Gasteiger charge is -2.34. The van der Waals surface area contributed by atoms with Crippen LogP contribution in [0.4, 0.5) is 11.4 Å². The number of carbonyl (C=O) groups is 5. The zero-order valence-corrected chi connectivity index (χ0v) is 35.6. The second kappa shape index (κ2) is 18.4. The Bertz CT molecular complexity index is 2380. The Morgan fingerprint density at radius 1 is 0.950 bits per heavy atom. The van der Waals surface area contributed by atoms with Crippen LogP contribution < -0.4 is 30.9 Å². The van der Waals surface area contributed by atoms with Crippen LogP contribution in [0.1, 0.15) is 88.3 Å². The van der Waals surface area contributed by atoms with Gasteiger partial charge in [-0.3, -0.25) is 34.2 Å². The van der Waals surface area contributed by atoms with Crippen LogP contribution in [-0.4, -0.2) is 96.6 Å². The molecule has 2 fully saturated rings. The molecule has 0 bridgehead atoms. The zero-order valence-electron chi connectivity index (χ0n) is 34.0. The smallest absolute Gasteiger partial charge is 0.264 e. The van der Waals surface area contributed by atoms with E-state index in [0.29, 0.717) is 60.9 Å². The van der Waals surface area contributed by atoms with Gasteiger partial charge in [-0.1, -0.05) is 48.0 Å². The van der Waals surface area contributed by atoms with Gasteiger partial charge in [-0.15, -0.1) is 0 Å². The molecule has 7 rings (SSSR count). The van der Waals surface area contributed by atoms with Crippen LogP contribution in [0.3, 0.4) is 0 Å². The zero-order chi connectivity index (χ0) is 42.6. The molecule has 0 saturated carbocycles. The number of nitrogens with one attached hydrogen (secondary N) is 3. The summed E-state index contributed by atoms with van der Waals surface area (Å²) in [7, 11) is -0.845. The number of aromatic nitrogens is 2. The second-order valence-electron chi connectivity index (χ2n) is 15.8. The molecule has 0 radical (unpaired) electrons. The maximum atomic E-state index is 13.3. The molecular weight excluding hydrogens is 805 g/mol. The van der Waals surface area contributed by atoms with Crippen LogP contribution in [0, 0.1) is 0 Å². The van der Waals surface area contributed by atoms with Gasteiger partial charge in [0, 0.05) is 85.9 Å². The van der Waals surface area contributed by atoms with E-state index in [2.05, 4.69) is 31.9 Å². The number of amides is 5. The maximum Gasteiger partial charge on any atom is 0.264 e. The van der Waals surface area contributed by atoms with Crippen molar-refractivity contribution in [1.29, 1.82) is 0 Å². The first-order valence-corrected chi connectivity index (χ1v) is 23.2. The Hall–Kier alpha value is -5.59. The fourth-order valence-corrected chi connectivity index (χ4v) is 9.59. The van der Waals surface area contributed by atoms with Gasteiger partial charge in [-0.05, 0) is 69.2 Å². The highest BCUT2D eigenvalue weighted by Crippen LogP contribution is 2.37. The fraction of sp³-hybridized carbons (Fsp3) is 0.386. The molecule has 3 aliphatic rings. The number of methoxy groups -OCH3 is 1. The topological polar surface area (TPSA) is 180 Å². The lowest BCUT2D eigenvalue weighted by molar-refractivity contribution is -0.136. The van der Waals surface area contributed by atoms with Crippen molar-refractivity contribution in [3.8, 4) is 5.75 Å². The minimum Gasteiger partial charge on any atom is -0.496 e. The molecule has 314 valence electrons. The normalized spacial score (nSPS) is 17.1. The van der Waals surface area contributed by atoms with Crippen molar-refractivity contribution < 1.29 is 33.3 Å². The van der Waals surface area contributed by atoms with Gasteiger partial charge < -0.3 is 24.8 Å². The lowest BCUT2D eigenvalue weighted by atomic mass is 10.0. The van der Waals surface area contributed by atoms with Crippen molar-refractivity contribution >= 4 is 65.0 Å². The molecule has 3 aromatic carbocycles. The molecule has 0 spiro atoms. The third kappa shape index (κ3) is 9.55. The van der Waals surface area contributed by atoms with Crippen LogP contribution in [0.25, 0.3) is 0 Å². The highest BCUT2D eigenvalue weighted by molar-refractivity contribution is 7.70. The first-order valence-electron chi connectivity index (χ1n) is 20.2. The number of rotatable bonds is 15. The number of carbonyl (C=O) groups excluding carboxylic acids is 5. The molecule has 4 aromatic rings. The van der Waals surface area contributed by atoms with Gasteiger partial charge in [0.1, 0.15) is 24.8 Å². The van der Waals surface area contributed by atoms with Crippen molar-refractivity contribution in [2.24, 2.45) is 0 Å². The largest absolute Gasteiger partial charge is 0.496 e. The Kier molecular flexibility index (Phi) is 13.0. The predicted molar refractivity (Wildman–Crippen MR) is 230 cm³/mol. The van der Waals surface area contributed by atoms with Gasteiger partial charge in [-0.25, -0.2) is 9.97 Å². The monoisotopic (exact) mass is 853 g/mol. The third-order valence-corrected chi connectivity index (χ3v) is 13.2. The number of anilines is 2. The third-order valence-electron chi connectivity index (χ3n) is 11.3. The Morgan fingerprint density at radius 2 is 1.73 bits per heavy atom. The van der Waals surface area contributed by atoms with Gasteiger partial charge in [0.05, 0.1) is 29.0 Å². The quantitative estimate of drug-likeness (QED) is 0.0799. The van der Waals surface area contributed by atoms with Gasteiger partial charge in [-0.2, -0.15) is 0 Å². The van der Waals surface area contributed by atoms with Crippen molar-refractivity contribution in [3.05, 3.63) is 106 Å². The van der Waals surface area contributed by atoms with E-state index in [-0.39, 0.29) is 35.9 Å². The molecule has 5 amide bonds. The molecule has 1 atom stereocenters. The van der Waals surface area contributed by atoms with E-state index in [1.807, 2.05) is 36.4 Å². The van der Waals surface area contributed by atoms with Crippen LogP contribution in [0.15, 0.2) is 66.9 Å². The van der Waals surface area contributed by atoms with E-state index in [1.165, 1.54) is 0 Å². The van der Waals surface area contributed by atoms with E-state index in [1.54, 1.807) is 44.8 Å². The van der Waals surface area contributed by atoms with Crippen LogP contribution in [0.5, 0.6) is 5.75 Å². The average molecular weight is 854 g/mol. The molecule has 0 aliphatic carbocycles. The Labute approximate surface area is 354 Å². The Morgan fingerprint density at radius 3 is 2.48 bits per heavy atom. The summed E-state index contributed by atoms with van der Waals surface area (Å²) in [6, 6.07) is 17.8. The minimum absolute atomic E-state index is 0.00626. The number of hydrogen-bond acceptors (Lipinski definition) is 11. The molecule has 60 heavy (non-hydrogen) atoms. The predicted octanol–water partition coefficient (Wildman–Crippen LogP) is 5.34. The number of unbranched alkanes of at least 4 members (excludes halogenated alkanes) is 1. The number of benzene rings is 3. The van der Waals surface area contributed by atoms with Crippen molar-refractivity contribution in [2.75, 3.05) is 50.3 Å². The number of halogens is 1. The highest BCUT2D eigenvalue weighted by Gasteiger charge is 2.45. The summed E-state index contributed by atoms with van der Waals surface area (Å²) in [4.78, 5) is 75.9. The SMILES string of the molecule is COc1cc(N2CCC(NC(=O)CCCCNc3cccc4c3C(=O)N(C3CCC(=O)NC3=O)C4=O)CC2)ccc1Cc1ncc(Cl)c(Cc2ccccc2P(C)(C)=O)n1. The standard InChI is InChI=1S/C44H49ClN7O7P/c1-59-36-25-30(15-14-27(36)24-38-47-26-32(45)34(49-38)23-28-9-4-5-12-37(28)60(2,3)58)51-21-18-29(19-22-51)48-39(53)13-6-7-20-46-33-11-8-10-31-41(33)44(57)52(43(31)56)35-16-17-40(54)50-42(35)55/h4-5,8-12,14-15,25-26,29,35,46H,6-7,13,16-24H2,1-3H3,(H,48,53)(H,50,54,55). The van der Waals surface area contributed by atoms with E-state index in [0.717, 1.165) is 58.7 Å². The molecule has 14 nitrogen and oxygen atoms in total. The van der Waals surface area contributed by atoms with Gasteiger partial charge in [0.25, 0.3) is 11.8 Å². The summed E-state index contributed by atoms with van der Waals surface area (Å²) in [5, 5.41) is 9.92. The van der Waals surface area contributed by atoms with E-state index in [9.17, 15) is 28.5 Å². The number of hydrogen-bond donors (Lipinski definition) is 3. The summed E-state index contributed by atoms with van der Waals surface area (Å²) in [5.41, 5.74) is 4.51. The molecule has 3 aliphatic heterocycles. The van der Waals surface area contributed by atoms with E-state index < -0.39 is 36.8 Å². The molecule has 4 heterocycles. The molecule has 16 heteroatoms. The maximum absolute atomic E-state index is 13.3. The second-order valence-corrected chi connectivity index (χ2v) is 19.4. The highest BCUT2D eigenvalue weighted by atomic mass is 35.5. The van der Waals surface area contributed by atoms with E-state index >= 15 is 0 Å². The minimum atomic E-state index is -2.49. The first kappa shape index (κ1) is 42.5. The number of nitrogens with zero attached hydrogens (tertiary/aromatic N) is 4. The number of piperidine rings is 2. The van der Waals surface area contributed by atoms with Gasteiger partial charge in [0.2, 0.25) is 17.7 Å². The molecule has 1 aromatic heterocycles. The molecular formula is C44H49ClN7O7P. The molecule has 2 saturated heterocycles.